The van der Waals surface area contributed by atoms with Gasteiger partial charge >= 0.3 is 0 Å². The van der Waals surface area contributed by atoms with Gasteiger partial charge in [0.25, 0.3) is 5.91 Å². The van der Waals surface area contributed by atoms with Crippen molar-refractivity contribution in [3.8, 4) is 5.75 Å². The monoisotopic (exact) mass is 344 g/mol. The summed E-state index contributed by atoms with van der Waals surface area (Å²) in [7, 11) is 0. The minimum atomic E-state index is -0.606. The van der Waals surface area contributed by atoms with Gasteiger partial charge in [-0.15, -0.1) is 0 Å². The van der Waals surface area contributed by atoms with Crippen LogP contribution in [-0.4, -0.2) is 24.2 Å². The van der Waals surface area contributed by atoms with Crippen molar-refractivity contribution < 1.29 is 23.5 Å². The van der Waals surface area contributed by atoms with E-state index in [4.69, 9.17) is 4.74 Å². The van der Waals surface area contributed by atoms with Crippen LogP contribution in [0.5, 0.6) is 5.75 Å². The molecule has 6 nitrogen and oxygen atoms in total. The van der Waals surface area contributed by atoms with E-state index in [1.54, 1.807) is 24.3 Å². The molecule has 0 fully saturated rings. The highest BCUT2D eigenvalue weighted by atomic mass is 19.1. The largest absolute Gasteiger partial charge is 0.484 e. The minimum absolute atomic E-state index is 0.0274. The normalized spacial score (nSPS) is 10.0. The smallest absolute Gasteiger partial charge is 0.262 e. The zero-order valence-corrected chi connectivity index (χ0v) is 13.8. The predicted octanol–water partition coefficient (Wildman–Crippen LogP) is 3.00. The molecule has 7 heteroatoms. The Balaban J connectivity index is 1.97. The summed E-state index contributed by atoms with van der Waals surface area (Å²) in [5, 5.41) is 4.87. The van der Waals surface area contributed by atoms with E-state index in [0.717, 1.165) is 6.07 Å². The van der Waals surface area contributed by atoms with Crippen LogP contribution in [0.3, 0.4) is 0 Å². The van der Waals surface area contributed by atoms with Crippen molar-refractivity contribution in [1.29, 1.82) is 0 Å². The van der Waals surface area contributed by atoms with Crippen LogP contribution in [0.1, 0.15) is 24.2 Å². The topological polar surface area (TPSA) is 84.5 Å². The van der Waals surface area contributed by atoms with Gasteiger partial charge in [0, 0.05) is 18.2 Å². The molecular weight excluding hydrogens is 327 g/mol. The van der Waals surface area contributed by atoms with Gasteiger partial charge in [-0.3, -0.25) is 14.4 Å². The van der Waals surface area contributed by atoms with Crippen molar-refractivity contribution in [2.75, 3.05) is 17.2 Å². The van der Waals surface area contributed by atoms with E-state index >= 15 is 0 Å². The second-order valence-corrected chi connectivity index (χ2v) is 5.30. The SMILES string of the molecule is CC(=O)Nc1cc(NC(=O)COc2cccc(C(C)=O)c2)ccc1F. The lowest BCUT2D eigenvalue weighted by atomic mass is 10.1. The van der Waals surface area contributed by atoms with Crippen molar-refractivity contribution in [3.63, 3.8) is 0 Å². The number of carbonyl (C=O) groups is 3. The number of benzene rings is 2. The maximum Gasteiger partial charge on any atom is 0.262 e. The van der Waals surface area contributed by atoms with Crippen LogP contribution in [0, 0.1) is 5.82 Å². The summed E-state index contributed by atoms with van der Waals surface area (Å²) < 4.78 is 18.9. The van der Waals surface area contributed by atoms with Crippen LogP contribution in [-0.2, 0) is 9.59 Å². The highest BCUT2D eigenvalue weighted by molar-refractivity contribution is 5.95. The van der Waals surface area contributed by atoms with E-state index in [2.05, 4.69) is 10.6 Å². The van der Waals surface area contributed by atoms with E-state index in [9.17, 15) is 18.8 Å². The quantitative estimate of drug-likeness (QED) is 0.789. The molecule has 0 aliphatic heterocycles. The maximum absolute atomic E-state index is 13.6. The Morgan fingerprint density at radius 3 is 2.48 bits per heavy atom. The number of anilines is 2. The Kier molecular flexibility index (Phi) is 5.84. The number of halogens is 1. The third-order valence-corrected chi connectivity index (χ3v) is 3.17. The first kappa shape index (κ1) is 18.1. The van der Waals surface area contributed by atoms with Gasteiger partial charge in [0.05, 0.1) is 5.69 Å². The van der Waals surface area contributed by atoms with Gasteiger partial charge in [0.15, 0.2) is 12.4 Å². The van der Waals surface area contributed by atoms with Crippen molar-refractivity contribution in [2.24, 2.45) is 0 Å². The molecule has 0 aliphatic carbocycles. The number of Topliss-reactive ketones (excluding diaryl/α,β-unsaturated/α-hetero) is 1. The standard InChI is InChI=1S/C18H17FN2O4/c1-11(22)13-4-3-5-15(8-13)25-10-18(24)21-14-6-7-16(19)17(9-14)20-12(2)23/h3-9H,10H2,1-2H3,(H,20,23)(H,21,24). The Bertz CT molecular complexity index is 820. The summed E-state index contributed by atoms with van der Waals surface area (Å²) in [5.41, 5.74) is 0.771. The Morgan fingerprint density at radius 1 is 1.04 bits per heavy atom. The first-order valence-electron chi connectivity index (χ1n) is 7.46. The van der Waals surface area contributed by atoms with Crippen molar-refractivity contribution in [2.45, 2.75) is 13.8 Å². The van der Waals surface area contributed by atoms with E-state index in [1.807, 2.05) is 0 Å². The molecule has 0 bridgehead atoms. The minimum Gasteiger partial charge on any atom is -0.484 e. The van der Waals surface area contributed by atoms with Crippen LogP contribution in [0.4, 0.5) is 15.8 Å². The lowest BCUT2D eigenvalue weighted by Crippen LogP contribution is -2.20. The Labute approximate surface area is 144 Å². The lowest BCUT2D eigenvalue weighted by Gasteiger charge is -2.10. The number of ketones is 1. The molecule has 0 aromatic heterocycles. The summed E-state index contributed by atoms with van der Waals surface area (Å²) in [4.78, 5) is 34.3. The molecule has 0 radical (unpaired) electrons. The van der Waals surface area contributed by atoms with E-state index in [-0.39, 0.29) is 18.1 Å². The maximum atomic E-state index is 13.6. The fourth-order valence-electron chi connectivity index (χ4n) is 2.04. The molecule has 0 aliphatic rings. The number of ether oxygens (including phenoxy) is 1. The fraction of sp³-hybridized carbons (Fsp3) is 0.167. The van der Waals surface area contributed by atoms with Gasteiger partial charge in [0.1, 0.15) is 11.6 Å². The Hall–Kier alpha value is -3.22. The molecule has 2 aromatic rings. The molecule has 130 valence electrons. The molecule has 0 heterocycles. The highest BCUT2D eigenvalue weighted by Crippen LogP contribution is 2.20. The van der Waals surface area contributed by atoms with Gasteiger partial charge < -0.3 is 15.4 Å². The molecule has 2 amide bonds. The summed E-state index contributed by atoms with van der Waals surface area (Å²) >= 11 is 0. The highest BCUT2D eigenvalue weighted by Gasteiger charge is 2.09. The van der Waals surface area contributed by atoms with E-state index in [0.29, 0.717) is 17.0 Å². The number of hydrogen-bond donors (Lipinski definition) is 2. The molecule has 2 N–H and O–H groups in total. The molecular formula is C18H17FN2O4. The van der Waals surface area contributed by atoms with Gasteiger partial charge in [-0.05, 0) is 37.3 Å². The average Bonchev–Trinajstić information content (AvgIpc) is 2.56. The zero-order chi connectivity index (χ0) is 18.4. The summed E-state index contributed by atoms with van der Waals surface area (Å²) in [6.07, 6.45) is 0. The molecule has 2 aromatic carbocycles. The first-order chi connectivity index (χ1) is 11.8. The average molecular weight is 344 g/mol. The molecule has 0 unspecified atom stereocenters. The molecule has 0 saturated carbocycles. The van der Waals surface area contributed by atoms with Crippen molar-refractivity contribution >= 4 is 29.0 Å². The van der Waals surface area contributed by atoms with E-state index < -0.39 is 17.6 Å². The van der Waals surface area contributed by atoms with Gasteiger partial charge in [-0.1, -0.05) is 12.1 Å². The van der Waals surface area contributed by atoms with E-state index in [1.165, 1.54) is 26.0 Å². The third-order valence-electron chi connectivity index (χ3n) is 3.17. The lowest BCUT2D eigenvalue weighted by molar-refractivity contribution is -0.118. The number of nitrogens with one attached hydrogen (secondary N) is 2. The number of hydrogen-bond acceptors (Lipinski definition) is 4. The van der Waals surface area contributed by atoms with Crippen LogP contribution < -0.4 is 15.4 Å². The second-order valence-electron chi connectivity index (χ2n) is 5.30. The van der Waals surface area contributed by atoms with Crippen LogP contribution in [0.25, 0.3) is 0 Å². The number of amides is 2. The second kappa shape index (κ2) is 8.05. The fourth-order valence-corrected chi connectivity index (χ4v) is 2.04. The van der Waals surface area contributed by atoms with Crippen LogP contribution >= 0.6 is 0 Å². The van der Waals surface area contributed by atoms with Gasteiger partial charge in [-0.25, -0.2) is 4.39 Å². The van der Waals surface area contributed by atoms with Gasteiger partial charge in [-0.2, -0.15) is 0 Å². The van der Waals surface area contributed by atoms with Gasteiger partial charge in [0.2, 0.25) is 5.91 Å². The summed E-state index contributed by atoms with van der Waals surface area (Å²) in [5.74, 6) is -1.21. The number of carbonyl (C=O) groups excluding carboxylic acids is 3. The third kappa shape index (κ3) is 5.42. The molecule has 25 heavy (non-hydrogen) atoms. The molecule has 0 spiro atoms. The number of rotatable bonds is 6. The van der Waals surface area contributed by atoms with Crippen molar-refractivity contribution in [1.82, 2.24) is 0 Å². The Morgan fingerprint density at radius 2 is 1.80 bits per heavy atom. The van der Waals surface area contributed by atoms with Crippen molar-refractivity contribution in [3.05, 3.63) is 53.8 Å². The molecule has 0 atom stereocenters. The first-order valence-corrected chi connectivity index (χ1v) is 7.46. The van der Waals surface area contributed by atoms with Crippen LogP contribution in [0.15, 0.2) is 42.5 Å². The molecule has 0 saturated heterocycles. The summed E-state index contributed by atoms with van der Waals surface area (Å²) in [6, 6.07) is 10.3. The van der Waals surface area contributed by atoms with Crippen LogP contribution in [0.2, 0.25) is 0 Å². The zero-order valence-electron chi connectivity index (χ0n) is 13.8. The summed E-state index contributed by atoms with van der Waals surface area (Å²) in [6.45, 7) is 2.41. The predicted molar refractivity (Wildman–Crippen MR) is 91.3 cm³/mol. The molecule has 2 rings (SSSR count).